The minimum atomic E-state index is -0.469. The molecular formula is C20H16BrN3O5. The molecular weight excluding hydrogens is 442 g/mol. The molecule has 0 aliphatic heterocycles. The molecule has 2 aromatic carbocycles. The summed E-state index contributed by atoms with van der Waals surface area (Å²) in [6.45, 7) is 0. The average Bonchev–Trinajstić information content (AvgIpc) is 3.17. The largest absolute Gasteiger partial charge is 0.497 e. The fraction of sp³-hybridized carbons (Fsp3) is 0.100. The van der Waals surface area contributed by atoms with Gasteiger partial charge in [0.05, 0.1) is 24.7 Å². The van der Waals surface area contributed by atoms with Gasteiger partial charge in [-0.05, 0) is 51.8 Å². The normalized spacial score (nSPS) is 10.8. The molecule has 0 atom stereocenters. The summed E-state index contributed by atoms with van der Waals surface area (Å²) in [6.07, 6.45) is 1.56. The Morgan fingerprint density at radius 1 is 1.24 bits per heavy atom. The van der Waals surface area contributed by atoms with Crippen LogP contribution in [0.3, 0.4) is 0 Å². The van der Waals surface area contributed by atoms with Gasteiger partial charge in [-0.25, -0.2) is 5.43 Å². The zero-order valence-corrected chi connectivity index (χ0v) is 16.9. The number of carbonyl (C=O) groups is 1. The molecule has 0 fully saturated rings. The third-order valence-corrected chi connectivity index (χ3v) is 4.62. The van der Waals surface area contributed by atoms with Crippen molar-refractivity contribution in [3.05, 3.63) is 80.5 Å². The number of halogens is 1. The van der Waals surface area contributed by atoms with E-state index in [1.807, 2.05) is 12.1 Å². The van der Waals surface area contributed by atoms with Crippen molar-refractivity contribution in [1.29, 1.82) is 0 Å². The third-order valence-electron chi connectivity index (χ3n) is 3.96. The first-order valence-corrected chi connectivity index (χ1v) is 9.24. The van der Waals surface area contributed by atoms with Gasteiger partial charge in [0.2, 0.25) is 5.91 Å². The molecule has 29 heavy (non-hydrogen) atoms. The van der Waals surface area contributed by atoms with Crippen molar-refractivity contribution in [3.63, 3.8) is 0 Å². The third kappa shape index (κ3) is 5.29. The van der Waals surface area contributed by atoms with Gasteiger partial charge in [-0.1, -0.05) is 12.1 Å². The lowest BCUT2D eigenvalue weighted by molar-refractivity contribution is -0.384. The summed E-state index contributed by atoms with van der Waals surface area (Å²) < 4.78 is 11.3. The predicted octanol–water partition coefficient (Wildman–Crippen LogP) is 4.32. The van der Waals surface area contributed by atoms with Gasteiger partial charge >= 0.3 is 0 Å². The Labute approximate surface area is 174 Å². The molecule has 0 saturated carbocycles. The second-order valence-corrected chi connectivity index (χ2v) is 6.80. The molecule has 0 aliphatic rings. The van der Waals surface area contributed by atoms with Crippen LogP contribution in [-0.2, 0) is 11.2 Å². The topological polar surface area (TPSA) is 107 Å². The van der Waals surface area contributed by atoms with Crippen LogP contribution in [0.1, 0.15) is 11.3 Å². The number of furan rings is 1. The number of ether oxygens (including phenoxy) is 1. The molecule has 0 spiro atoms. The maximum atomic E-state index is 12.0. The van der Waals surface area contributed by atoms with Crippen LogP contribution in [0.5, 0.6) is 5.75 Å². The highest BCUT2D eigenvalue weighted by Gasteiger charge is 2.13. The van der Waals surface area contributed by atoms with Crippen LogP contribution >= 0.6 is 15.9 Å². The molecule has 0 saturated heterocycles. The lowest BCUT2D eigenvalue weighted by Gasteiger charge is -2.02. The maximum absolute atomic E-state index is 12.0. The van der Waals surface area contributed by atoms with Crippen molar-refractivity contribution in [3.8, 4) is 17.1 Å². The molecule has 0 bridgehead atoms. The molecule has 8 nitrogen and oxygen atoms in total. The first-order chi connectivity index (χ1) is 14.0. The molecule has 0 unspecified atom stereocenters. The number of amides is 1. The summed E-state index contributed by atoms with van der Waals surface area (Å²) in [7, 11) is 1.58. The summed E-state index contributed by atoms with van der Waals surface area (Å²) in [5, 5.41) is 14.7. The Bertz CT molecular complexity index is 1060. The number of hydrogen-bond acceptors (Lipinski definition) is 6. The van der Waals surface area contributed by atoms with E-state index in [0.29, 0.717) is 21.6 Å². The van der Waals surface area contributed by atoms with Gasteiger partial charge < -0.3 is 9.15 Å². The van der Waals surface area contributed by atoms with E-state index < -0.39 is 4.92 Å². The van der Waals surface area contributed by atoms with Crippen molar-refractivity contribution in [2.45, 2.75) is 6.42 Å². The standard InChI is InChI=1S/C20H16BrN3O5/c1-28-15-5-2-13(3-6-15)10-20(25)23-22-12-16-7-9-19(29-16)17-8-4-14(24(26)27)11-18(17)21/h2-9,11-12H,10H2,1H3,(H,23,25). The van der Waals surface area contributed by atoms with E-state index in [-0.39, 0.29) is 18.0 Å². The van der Waals surface area contributed by atoms with Gasteiger partial charge in [0.1, 0.15) is 17.3 Å². The highest BCUT2D eigenvalue weighted by molar-refractivity contribution is 9.10. The first kappa shape index (κ1) is 20.3. The highest BCUT2D eigenvalue weighted by Crippen LogP contribution is 2.32. The van der Waals surface area contributed by atoms with Gasteiger partial charge in [0.25, 0.3) is 5.69 Å². The van der Waals surface area contributed by atoms with Gasteiger partial charge in [-0.3, -0.25) is 14.9 Å². The quantitative estimate of drug-likeness (QED) is 0.323. The minimum absolute atomic E-state index is 0.0199. The predicted molar refractivity (Wildman–Crippen MR) is 111 cm³/mol. The number of rotatable bonds is 7. The number of benzene rings is 2. The number of nitrogens with one attached hydrogen (secondary N) is 1. The number of nitro benzene ring substituents is 1. The van der Waals surface area contributed by atoms with Crippen molar-refractivity contribution < 1.29 is 18.9 Å². The number of nitro groups is 1. The lowest BCUT2D eigenvalue weighted by Crippen LogP contribution is -2.19. The Hall–Kier alpha value is -3.46. The van der Waals surface area contributed by atoms with Crippen LogP contribution in [0, 0.1) is 10.1 Å². The smallest absolute Gasteiger partial charge is 0.270 e. The summed E-state index contributed by atoms with van der Waals surface area (Å²) in [6, 6.07) is 15.0. The fourth-order valence-corrected chi connectivity index (χ4v) is 3.08. The van der Waals surface area contributed by atoms with Gasteiger partial charge in [0.15, 0.2) is 0 Å². The zero-order chi connectivity index (χ0) is 20.8. The van der Waals surface area contributed by atoms with Gasteiger partial charge in [-0.2, -0.15) is 5.10 Å². The maximum Gasteiger partial charge on any atom is 0.270 e. The van der Waals surface area contributed by atoms with E-state index in [0.717, 1.165) is 11.3 Å². The van der Waals surface area contributed by atoms with E-state index in [9.17, 15) is 14.9 Å². The Morgan fingerprint density at radius 3 is 2.66 bits per heavy atom. The van der Waals surface area contributed by atoms with Crippen LogP contribution in [0.15, 0.2) is 68.6 Å². The Balaban J connectivity index is 1.60. The van der Waals surface area contributed by atoms with Crippen LogP contribution in [0.2, 0.25) is 0 Å². The molecule has 1 aromatic heterocycles. The van der Waals surface area contributed by atoms with Gasteiger partial charge in [0, 0.05) is 22.2 Å². The van der Waals surface area contributed by atoms with Crippen molar-refractivity contribution in [1.82, 2.24) is 5.43 Å². The summed E-state index contributed by atoms with van der Waals surface area (Å²) in [5.41, 5.74) is 3.92. The van der Waals surface area contributed by atoms with Crippen LogP contribution in [0.25, 0.3) is 11.3 Å². The fourth-order valence-electron chi connectivity index (χ4n) is 2.52. The summed E-state index contributed by atoms with van der Waals surface area (Å²) in [5.74, 6) is 1.39. The van der Waals surface area contributed by atoms with E-state index >= 15 is 0 Å². The molecule has 9 heteroatoms. The molecule has 1 N–H and O–H groups in total. The van der Waals surface area contributed by atoms with Crippen LogP contribution in [-0.4, -0.2) is 24.2 Å². The SMILES string of the molecule is COc1ccc(CC(=O)NN=Cc2ccc(-c3ccc([N+](=O)[O-])cc3Br)o2)cc1. The number of hydrogen-bond donors (Lipinski definition) is 1. The molecule has 3 rings (SSSR count). The number of nitrogens with zero attached hydrogens (tertiary/aromatic N) is 2. The van der Waals surface area contributed by atoms with Gasteiger partial charge in [-0.15, -0.1) is 0 Å². The summed E-state index contributed by atoms with van der Waals surface area (Å²) >= 11 is 3.31. The molecule has 148 valence electrons. The van der Waals surface area contributed by atoms with E-state index in [1.165, 1.54) is 18.3 Å². The van der Waals surface area contributed by atoms with E-state index in [1.54, 1.807) is 37.4 Å². The first-order valence-electron chi connectivity index (χ1n) is 8.45. The number of hydrazone groups is 1. The van der Waals surface area contributed by atoms with Crippen molar-refractivity contribution >= 4 is 33.7 Å². The summed E-state index contributed by atoms with van der Waals surface area (Å²) in [4.78, 5) is 22.3. The second-order valence-electron chi connectivity index (χ2n) is 5.94. The number of methoxy groups -OCH3 is 1. The van der Waals surface area contributed by atoms with E-state index in [2.05, 4.69) is 26.5 Å². The molecule has 1 heterocycles. The number of carbonyl (C=O) groups excluding carboxylic acids is 1. The highest BCUT2D eigenvalue weighted by atomic mass is 79.9. The number of non-ortho nitro benzene ring substituents is 1. The monoisotopic (exact) mass is 457 g/mol. The van der Waals surface area contributed by atoms with Crippen molar-refractivity contribution in [2.75, 3.05) is 7.11 Å². The second kappa shape index (κ2) is 9.16. The Morgan fingerprint density at radius 2 is 2.00 bits per heavy atom. The molecule has 0 radical (unpaired) electrons. The molecule has 0 aliphatic carbocycles. The van der Waals surface area contributed by atoms with Crippen LogP contribution in [0.4, 0.5) is 5.69 Å². The lowest BCUT2D eigenvalue weighted by atomic mass is 10.1. The van der Waals surface area contributed by atoms with E-state index in [4.69, 9.17) is 9.15 Å². The molecule has 1 amide bonds. The Kier molecular flexibility index (Phi) is 6.40. The average molecular weight is 458 g/mol. The van der Waals surface area contributed by atoms with Crippen molar-refractivity contribution in [2.24, 2.45) is 5.10 Å². The van der Waals surface area contributed by atoms with Crippen LogP contribution < -0.4 is 10.2 Å². The minimum Gasteiger partial charge on any atom is -0.497 e. The zero-order valence-electron chi connectivity index (χ0n) is 15.3. The molecule has 3 aromatic rings.